The van der Waals surface area contributed by atoms with Gasteiger partial charge in [0.15, 0.2) is 0 Å². The highest BCUT2D eigenvalue weighted by Crippen LogP contribution is 2.29. The lowest BCUT2D eigenvalue weighted by Crippen LogP contribution is -2.47. The van der Waals surface area contributed by atoms with E-state index in [0.717, 1.165) is 11.1 Å². The molecule has 1 saturated carbocycles. The zero-order chi connectivity index (χ0) is 14.9. The lowest BCUT2D eigenvalue weighted by atomic mass is 9.90. The smallest absolute Gasteiger partial charge is 0.241 e. The van der Waals surface area contributed by atoms with E-state index in [0.29, 0.717) is 23.9 Å². The van der Waals surface area contributed by atoms with Gasteiger partial charge in [0.1, 0.15) is 0 Å². The molecule has 20 heavy (non-hydrogen) atoms. The monoisotopic (exact) mass is 362 g/mol. The second-order valence-corrected chi connectivity index (χ2v) is 7.55. The van der Waals surface area contributed by atoms with E-state index in [4.69, 9.17) is 10.5 Å². The SMILES string of the molecule is COC1CC(NS(=O)(=O)c2cc(CN)cc(C)c2Br)C1. The Labute approximate surface area is 128 Å². The van der Waals surface area contributed by atoms with Crippen molar-refractivity contribution in [1.29, 1.82) is 0 Å². The predicted molar refractivity (Wildman–Crippen MR) is 80.9 cm³/mol. The molecular weight excluding hydrogens is 344 g/mol. The fourth-order valence-corrected chi connectivity index (χ4v) is 4.59. The highest BCUT2D eigenvalue weighted by atomic mass is 79.9. The van der Waals surface area contributed by atoms with Crippen molar-refractivity contribution in [2.45, 2.75) is 43.4 Å². The highest BCUT2D eigenvalue weighted by Gasteiger charge is 2.33. The van der Waals surface area contributed by atoms with Gasteiger partial charge >= 0.3 is 0 Å². The van der Waals surface area contributed by atoms with Crippen molar-refractivity contribution in [2.75, 3.05) is 7.11 Å². The zero-order valence-electron chi connectivity index (χ0n) is 11.5. The lowest BCUT2D eigenvalue weighted by molar-refractivity contribution is 0.0236. The van der Waals surface area contributed by atoms with Gasteiger partial charge in [0.25, 0.3) is 0 Å². The molecule has 0 bridgehead atoms. The topological polar surface area (TPSA) is 81.4 Å². The number of methoxy groups -OCH3 is 1. The van der Waals surface area contributed by atoms with Crippen LogP contribution in [0, 0.1) is 6.92 Å². The van der Waals surface area contributed by atoms with Crippen LogP contribution in [-0.4, -0.2) is 27.7 Å². The van der Waals surface area contributed by atoms with Crippen molar-refractivity contribution < 1.29 is 13.2 Å². The Morgan fingerprint density at radius 3 is 2.65 bits per heavy atom. The molecule has 5 nitrogen and oxygen atoms in total. The predicted octanol–water partition coefficient (Wildman–Crippen LogP) is 1.67. The number of halogens is 1. The molecule has 0 aromatic heterocycles. The van der Waals surface area contributed by atoms with E-state index in [1.54, 1.807) is 13.2 Å². The second kappa shape index (κ2) is 6.11. The molecular formula is C13H19BrN2O3S. The third-order valence-corrected chi connectivity index (χ3v) is 6.42. The van der Waals surface area contributed by atoms with Crippen LogP contribution in [0.1, 0.15) is 24.0 Å². The summed E-state index contributed by atoms with van der Waals surface area (Å²) in [6, 6.07) is 3.44. The van der Waals surface area contributed by atoms with Crippen LogP contribution < -0.4 is 10.5 Å². The minimum atomic E-state index is -3.55. The van der Waals surface area contributed by atoms with E-state index < -0.39 is 10.0 Å². The summed E-state index contributed by atoms with van der Waals surface area (Å²) in [7, 11) is -1.91. The van der Waals surface area contributed by atoms with Crippen molar-refractivity contribution >= 4 is 26.0 Å². The third kappa shape index (κ3) is 3.23. The molecule has 0 atom stereocenters. The molecule has 0 amide bonds. The van der Waals surface area contributed by atoms with Crippen LogP contribution in [-0.2, 0) is 21.3 Å². The Bertz CT molecular complexity index is 598. The molecule has 1 aromatic rings. The van der Waals surface area contributed by atoms with Gasteiger partial charge in [-0.1, -0.05) is 6.07 Å². The maximum atomic E-state index is 12.4. The van der Waals surface area contributed by atoms with Gasteiger partial charge in [0.2, 0.25) is 10.0 Å². The Balaban J connectivity index is 2.23. The Morgan fingerprint density at radius 1 is 1.45 bits per heavy atom. The number of hydrogen-bond donors (Lipinski definition) is 2. The minimum Gasteiger partial charge on any atom is -0.381 e. The van der Waals surface area contributed by atoms with Crippen molar-refractivity contribution in [1.82, 2.24) is 4.72 Å². The van der Waals surface area contributed by atoms with Crippen molar-refractivity contribution in [3.63, 3.8) is 0 Å². The number of sulfonamides is 1. The maximum Gasteiger partial charge on any atom is 0.241 e. The van der Waals surface area contributed by atoms with Crippen LogP contribution in [0.15, 0.2) is 21.5 Å². The number of nitrogens with one attached hydrogen (secondary N) is 1. The van der Waals surface area contributed by atoms with Crippen LogP contribution in [0.3, 0.4) is 0 Å². The van der Waals surface area contributed by atoms with Crippen molar-refractivity contribution in [3.8, 4) is 0 Å². The molecule has 3 N–H and O–H groups in total. The summed E-state index contributed by atoms with van der Waals surface area (Å²) in [6.07, 6.45) is 1.58. The summed E-state index contributed by atoms with van der Waals surface area (Å²) in [5.41, 5.74) is 7.27. The number of nitrogens with two attached hydrogens (primary N) is 1. The zero-order valence-corrected chi connectivity index (χ0v) is 13.9. The summed E-state index contributed by atoms with van der Waals surface area (Å²) in [5, 5.41) is 0. The molecule has 1 fully saturated rings. The van der Waals surface area contributed by atoms with Gasteiger partial charge in [-0.15, -0.1) is 0 Å². The molecule has 0 aliphatic heterocycles. The fraction of sp³-hybridized carbons (Fsp3) is 0.538. The van der Waals surface area contributed by atoms with Crippen LogP contribution in [0.2, 0.25) is 0 Å². The van der Waals surface area contributed by atoms with Gasteiger partial charge in [-0.2, -0.15) is 0 Å². The summed E-state index contributed by atoms with van der Waals surface area (Å²) in [6.45, 7) is 2.17. The van der Waals surface area contributed by atoms with E-state index in [-0.39, 0.29) is 17.0 Å². The van der Waals surface area contributed by atoms with Gasteiger partial charge in [0, 0.05) is 24.2 Å². The average Bonchev–Trinajstić information content (AvgIpc) is 2.36. The standard InChI is InChI=1S/C13H19BrN2O3S/c1-8-3-9(7-15)4-12(13(8)14)20(17,18)16-10-5-11(6-10)19-2/h3-4,10-11,16H,5-7,15H2,1-2H3. The number of hydrogen-bond acceptors (Lipinski definition) is 4. The maximum absolute atomic E-state index is 12.4. The first-order chi connectivity index (χ1) is 9.37. The number of ether oxygens (including phenoxy) is 1. The van der Waals surface area contributed by atoms with E-state index in [2.05, 4.69) is 20.7 Å². The molecule has 1 aliphatic carbocycles. The molecule has 7 heteroatoms. The first-order valence-corrected chi connectivity index (χ1v) is 8.69. The third-order valence-electron chi connectivity index (χ3n) is 3.56. The highest BCUT2D eigenvalue weighted by molar-refractivity contribution is 9.10. The van der Waals surface area contributed by atoms with E-state index in [1.807, 2.05) is 13.0 Å². The quantitative estimate of drug-likeness (QED) is 0.834. The van der Waals surface area contributed by atoms with Crippen LogP contribution in [0.25, 0.3) is 0 Å². The molecule has 1 aromatic carbocycles. The minimum absolute atomic E-state index is 0.0568. The molecule has 1 aliphatic rings. The largest absolute Gasteiger partial charge is 0.381 e. The molecule has 2 rings (SSSR count). The summed E-state index contributed by atoms with van der Waals surface area (Å²) < 4.78 is 33.4. The first kappa shape index (κ1) is 15.9. The molecule has 0 radical (unpaired) electrons. The number of benzene rings is 1. The molecule has 0 spiro atoms. The average molecular weight is 363 g/mol. The molecule has 112 valence electrons. The summed E-state index contributed by atoms with van der Waals surface area (Å²) in [5.74, 6) is 0. The second-order valence-electron chi connectivity index (χ2n) is 5.08. The van der Waals surface area contributed by atoms with E-state index >= 15 is 0 Å². The summed E-state index contributed by atoms with van der Waals surface area (Å²) >= 11 is 3.35. The van der Waals surface area contributed by atoms with Crippen molar-refractivity contribution in [2.24, 2.45) is 5.73 Å². The normalized spacial score (nSPS) is 22.6. The van der Waals surface area contributed by atoms with Gasteiger partial charge in [-0.25, -0.2) is 13.1 Å². The lowest BCUT2D eigenvalue weighted by Gasteiger charge is -2.34. The van der Waals surface area contributed by atoms with Crippen LogP contribution in [0.5, 0.6) is 0 Å². The van der Waals surface area contributed by atoms with Crippen molar-refractivity contribution in [3.05, 3.63) is 27.7 Å². The van der Waals surface area contributed by atoms with Gasteiger partial charge < -0.3 is 10.5 Å². The molecule has 0 heterocycles. The summed E-state index contributed by atoms with van der Waals surface area (Å²) in [4.78, 5) is 0.249. The fourth-order valence-electron chi connectivity index (χ4n) is 2.26. The van der Waals surface area contributed by atoms with Gasteiger partial charge in [0.05, 0.1) is 11.0 Å². The van der Waals surface area contributed by atoms with Gasteiger partial charge in [-0.05, 0) is 52.9 Å². The number of rotatable bonds is 5. The van der Waals surface area contributed by atoms with E-state index in [9.17, 15) is 8.42 Å². The Kier molecular flexibility index (Phi) is 4.86. The van der Waals surface area contributed by atoms with Gasteiger partial charge in [-0.3, -0.25) is 0 Å². The Morgan fingerprint density at radius 2 is 2.10 bits per heavy atom. The molecule has 0 saturated heterocycles. The van der Waals surface area contributed by atoms with Crippen LogP contribution >= 0.6 is 15.9 Å². The Hall–Kier alpha value is -0.470. The first-order valence-electron chi connectivity index (χ1n) is 6.41. The number of aryl methyl sites for hydroxylation is 1. The molecule has 0 unspecified atom stereocenters. The van der Waals surface area contributed by atoms with Crippen LogP contribution in [0.4, 0.5) is 0 Å². The van der Waals surface area contributed by atoms with E-state index in [1.165, 1.54) is 0 Å².